The first kappa shape index (κ1) is 17.8. The Morgan fingerprint density at radius 2 is 1.79 bits per heavy atom. The summed E-state index contributed by atoms with van der Waals surface area (Å²) in [5.74, 6) is 0. The van der Waals surface area contributed by atoms with Gasteiger partial charge < -0.3 is 10.0 Å². The second kappa shape index (κ2) is 7.57. The van der Waals surface area contributed by atoms with E-state index < -0.39 is 6.09 Å². The molecule has 1 aliphatic heterocycles. The first-order valence-electron chi connectivity index (χ1n) is 9.26. The number of benzene rings is 2. The van der Waals surface area contributed by atoms with Gasteiger partial charge in [0.25, 0.3) is 0 Å². The lowest BCUT2D eigenvalue weighted by atomic mass is 10.0. The lowest BCUT2D eigenvalue weighted by Crippen LogP contribution is -2.32. The molecule has 0 radical (unpaired) electrons. The molecule has 1 N–H and O–H groups in total. The highest BCUT2D eigenvalue weighted by Gasteiger charge is 2.25. The number of nitrogens with zero attached hydrogens (tertiary/aromatic N) is 4. The van der Waals surface area contributed by atoms with Crippen LogP contribution >= 0.6 is 0 Å². The van der Waals surface area contributed by atoms with E-state index in [4.69, 9.17) is 10.4 Å². The van der Waals surface area contributed by atoms with Crippen molar-refractivity contribution in [3.63, 3.8) is 0 Å². The first-order valence-corrected chi connectivity index (χ1v) is 9.26. The largest absolute Gasteiger partial charge is 0.465 e. The van der Waals surface area contributed by atoms with Gasteiger partial charge in [0.05, 0.1) is 23.9 Å². The zero-order valence-electron chi connectivity index (χ0n) is 15.4. The highest BCUT2D eigenvalue weighted by Crippen LogP contribution is 2.29. The van der Waals surface area contributed by atoms with E-state index in [1.807, 2.05) is 35.0 Å². The Hall–Kier alpha value is -3.59. The molecule has 6 heteroatoms. The minimum atomic E-state index is -0.882. The fraction of sp³-hybridized carbons (Fsp3) is 0.227. The molecule has 0 aliphatic carbocycles. The number of rotatable bonds is 3. The summed E-state index contributed by atoms with van der Waals surface area (Å²) in [6, 6.07) is 19.7. The predicted octanol–water partition coefficient (Wildman–Crippen LogP) is 3.55. The molecule has 0 saturated carbocycles. The van der Waals surface area contributed by atoms with Crippen molar-refractivity contribution < 1.29 is 9.90 Å². The van der Waals surface area contributed by atoms with Crippen molar-refractivity contribution in [1.82, 2.24) is 14.7 Å². The summed E-state index contributed by atoms with van der Waals surface area (Å²) in [5.41, 5.74) is 5.78. The molecular weight excluding hydrogens is 352 g/mol. The minimum absolute atomic E-state index is 0.461. The van der Waals surface area contributed by atoms with Crippen LogP contribution in [0, 0.1) is 11.3 Å². The summed E-state index contributed by atoms with van der Waals surface area (Å²) >= 11 is 0. The summed E-state index contributed by atoms with van der Waals surface area (Å²) in [4.78, 5) is 12.9. The van der Waals surface area contributed by atoms with Gasteiger partial charge in [0, 0.05) is 36.3 Å². The van der Waals surface area contributed by atoms with Gasteiger partial charge in [-0.15, -0.1) is 0 Å². The number of hydrogen-bond acceptors (Lipinski definition) is 3. The van der Waals surface area contributed by atoms with E-state index in [0.717, 1.165) is 28.1 Å². The van der Waals surface area contributed by atoms with Crippen molar-refractivity contribution >= 4 is 6.09 Å². The monoisotopic (exact) mass is 372 g/mol. The number of carboxylic acid groups (broad SMARTS) is 1. The van der Waals surface area contributed by atoms with E-state index in [1.165, 1.54) is 4.90 Å². The van der Waals surface area contributed by atoms with Crippen LogP contribution in [0.15, 0.2) is 54.6 Å². The molecule has 0 unspecified atom stereocenters. The number of aromatic nitrogens is 2. The number of carbonyl (C=O) groups is 1. The smallest absolute Gasteiger partial charge is 0.407 e. The van der Waals surface area contributed by atoms with Gasteiger partial charge in [0.15, 0.2) is 0 Å². The summed E-state index contributed by atoms with van der Waals surface area (Å²) in [6.45, 7) is 1.57. The van der Waals surface area contributed by atoms with Crippen LogP contribution in [0.2, 0.25) is 0 Å². The number of fused-ring (bicyclic) bond motifs is 1. The predicted molar refractivity (Wildman–Crippen MR) is 105 cm³/mol. The maximum atomic E-state index is 11.5. The van der Waals surface area contributed by atoms with Gasteiger partial charge in [0.2, 0.25) is 0 Å². The Labute approximate surface area is 163 Å². The average molecular weight is 372 g/mol. The number of hydrogen-bond donors (Lipinski definition) is 1. The van der Waals surface area contributed by atoms with Gasteiger partial charge in [-0.05, 0) is 24.1 Å². The molecule has 0 spiro atoms. The Bertz CT molecular complexity index is 1030. The fourth-order valence-corrected chi connectivity index (χ4v) is 3.69. The minimum Gasteiger partial charge on any atom is -0.465 e. The second-order valence-corrected chi connectivity index (χ2v) is 6.88. The molecule has 140 valence electrons. The highest BCUT2D eigenvalue weighted by molar-refractivity contribution is 5.67. The van der Waals surface area contributed by atoms with Crippen LogP contribution in [-0.4, -0.2) is 39.0 Å². The molecule has 3 aromatic rings. The van der Waals surface area contributed by atoms with E-state index in [2.05, 4.69) is 18.2 Å². The van der Waals surface area contributed by atoms with Crippen LogP contribution in [0.3, 0.4) is 0 Å². The molecule has 2 heterocycles. The lowest BCUT2D eigenvalue weighted by molar-refractivity contribution is 0.147. The first-order chi connectivity index (χ1) is 13.7. The van der Waals surface area contributed by atoms with E-state index in [-0.39, 0.29) is 0 Å². The summed E-state index contributed by atoms with van der Waals surface area (Å²) < 4.78 is 2.00. The van der Waals surface area contributed by atoms with Crippen molar-refractivity contribution in [3.8, 4) is 17.3 Å². The molecule has 1 amide bonds. The van der Waals surface area contributed by atoms with E-state index in [1.54, 1.807) is 12.1 Å². The third kappa shape index (κ3) is 3.47. The molecule has 1 aliphatic rings. The lowest BCUT2D eigenvalue weighted by Gasteiger charge is -2.16. The van der Waals surface area contributed by atoms with Crippen LogP contribution in [0.1, 0.15) is 22.4 Å². The Morgan fingerprint density at radius 3 is 2.46 bits per heavy atom. The maximum Gasteiger partial charge on any atom is 0.407 e. The van der Waals surface area contributed by atoms with E-state index >= 15 is 0 Å². The van der Waals surface area contributed by atoms with Crippen molar-refractivity contribution in [1.29, 1.82) is 5.26 Å². The standard InChI is InChI=1S/C22H20N4O2/c23-14-16-6-8-18(9-7-16)21-19-10-12-25(22(27)28)13-11-20(19)26(24-21)15-17-4-2-1-3-5-17/h1-9H,10-13,15H2,(H,27,28). The summed E-state index contributed by atoms with van der Waals surface area (Å²) in [6.07, 6.45) is 0.386. The zero-order valence-corrected chi connectivity index (χ0v) is 15.4. The summed E-state index contributed by atoms with van der Waals surface area (Å²) in [7, 11) is 0. The number of nitriles is 1. The van der Waals surface area contributed by atoms with Crippen LogP contribution in [0.25, 0.3) is 11.3 Å². The zero-order chi connectivity index (χ0) is 19.5. The molecule has 28 heavy (non-hydrogen) atoms. The normalized spacial score (nSPS) is 13.5. The van der Waals surface area contributed by atoms with Gasteiger partial charge in [-0.2, -0.15) is 10.4 Å². The molecule has 2 aromatic carbocycles. The SMILES string of the molecule is N#Cc1ccc(-c2nn(Cc3ccccc3)c3c2CCN(C(=O)O)CC3)cc1. The molecule has 0 bridgehead atoms. The van der Waals surface area contributed by atoms with Crippen molar-refractivity contribution in [3.05, 3.63) is 77.0 Å². The third-order valence-electron chi connectivity index (χ3n) is 5.15. The van der Waals surface area contributed by atoms with Crippen LogP contribution in [0.4, 0.5) is 4.79 Å². The van der Waals surface area contributed by atoms with E-state index in [9.17, 15) is 9.90 Å². The van der Waals surface area contributed by atoms with Gasteiger partial charge in [0.1, 0.15) is 0 Å². The molecule has 6 nitrogen and oxygen atoms in total. The molecular formula is C22H20N4O2. The summed E-state index contributed by atoms with van der Waals surface area (Å²) in [5, 5.41) is 23.3. The van der Waals surface area contributed by atoms with Crippen molar-refractivity contribution in [2.24, 2.45) is 0 Å². The quantitative estimate of drug-likeness (QED) is 0.762. The topological polar surface area (TPSA) is 82.2 Å². The fourth-order valence-electron chi connectivity index (χ4n) is 3.69. The Kier molecular flexibility index (Phi) is 4.81. The molecule has 0 atom stereocenters. The van der Waals surface area contributed by atoms with E-state index in [0.29, 0.717) is 38.0 Å². The van der Waals surface area contributed by atoms with Crippen molar-refractivity contribution in [2.75, 3.05) is 13.1 Å². The highest BCUT2D eigenvalue weighted by atomic mass is 16.4. The maximum absolute atomic E-state index is 11.5. The Morgan fingerprint density at radius 1 is 1.07 bits per heavy atom. The van der Waals surface area contributed by atoms with Gasteiger partial charge in [-0.3, -0.25) is 4.68 Å². The van der Waals surface area contributed by atoms with Gasteiger partial charge in [-0.25, -0.2) is 4.79 Å². The molecule has 0 saturated heterocycles. The van der Waals surface area contributed by atoms with Crippen LogP contribution in [-0.2, 0) is 19.4 Å². The second-order valence-electron chi connectivity index (χ2n) is 6.88. The van der Waals surface area contributed by atoms with Gasteiger partial charge >= 0.3 is 6.09 Å². The van der Waals surface area contributed by atoms with Crippen LogP contribution < -0.4 is 0 Å². The Balaban J connectivity index is 1.76. The molecule has 4 rings (SSSR count). The molecule has 1 aromatic heterocycles. The van der Waals surface area contributed by atoms with Gasteiger partial charge in [-0.1, -0.05) is 42.5 Å². The van der Waals surface area contributed by atoms with Crippen LogP contribution in [0.5, 0.6) is 0 Å². The third-order valence-corrected chi connectivity index (χ3v) is 5.15. The average Bonchev–Trinajstić information content (AvgIpc) is 2.91. The molecule has 0 fully saturated rings. The number of amides is 1. The van der Waals surface area contributed by atoms with Crippen molar-refractivity contribution in [2.45, 2.75) is 19.4 Å².